The maximum atomic E-state index is 12.3. The number of nitrogens with one attached hydrogen (secondary N) is 2. The smallest absolute Gasteiger partial charge is 0.231 e. The van der Waals surface area contributed by atoms with Gasteiger partial charge < -0.3 is 10.6 Å². The predicted molar refractivity (Wildman–Crippen MR) is 75.3 cm³/mol. The molecule has 0 saturated carbocycles. The van der Waals surface area contributed by atoms with Crippen molar-refractivity contribution < 1.29 is 4.79 Å². The molecule has 0 radical (unpaired) electrons. The number of anilines is 1. The lowest BCUT2D eigenvalue weighted by Crippen LogP contribution is -2.46. The van der Waals surface area contributed by atoms with E-state index in [2.05, 4.69) is 10.6 Å². The van der Waals surface area contributed by atoms with Gasteiger partial charge in [0.25, 0.3) is 0 Å². The molecular formula is C13H16Cl2N2O. The van der Waals surface area contributed by atoms with Crippen LogP contribution in [0.4, 0.5) is 5.69 Å². The monoisotopic (exact) mass is 286 g/mol. The van der Waals surface area contributed by atoms with Crippen LogP contribution in [-0.2, 0) is 4.79 Å². The first kappa shape index (κ1) is 13.7. The summed E-state index contributed by atoms with van der Waals surface area (Å²) >= 11 is 11.9. The van der Waals surface area contributed by atoms with E-state index < -0.39 is 0 Å². The van der Waals surface area contributed by atoms with Crippen LogP contribution in [0, 0.1) is 5.41 Å². The van der Waals surface area contributed by atoms with Crippen molar-refractivity contribution in [3.63, 3.8) is 0 Å². The second kappa shape index (κ2) is 5.47. The van der Waals surface area contributed by atoms with E-state index in [0.717, 1.165) is 19.4 Å². The Morgan fingerprint density at radius 1 is 1.44 bits per heavy atom. The van der Waals surface area contributed by atoms with E-state index in [1.165, 1.54) is 0 Å². The van der Waals surface area contributed by atoms with Crippen LogP contribution >= 0.6 is 23.2 Å². The fourth-order valence-corrected chi connectivity index (χ4v) is 2.57. The number of benzene rings is 1. The first-order chi connectivity index (χ1) is 8.51. The molecule has 1 saturated heterocycles. The topological polar surface area (TPSA) is 41.1 Å². The minimum atomic E-state index is -0.374. The fourth-order valence-electron chi connectivity index (χ4n) is 2.11. The Morgan fingerprint density at radius 3 is 2.83 bits per heavy atom. The van der Waals surface area contributed by atoms with Crippen LogP contribution in [0.15, 0.2) is 18.2 Å². The summed E-state index contributed by atoms with van der Waals surface area (Å²) in [5.74, 6) is -0.000998. The normalized spacial score (nSPS) is 23.7. The van der Waals surface area contributed by atoms with Crippen LogP contribution < -0.4 is 10.6 Å². The number of hydrogen-bond donors (Lipinski definition) is 2. The molecule has 1 aliphatic rings. The first-order valence-corrected chi connectivity index (χ1v) is 6.74. The number of piperidine rings is 1. The first-order valence-electron chi connectivity index (χ1n) is 5.98. The lowest BCUT2D eigenvalue weighted by molar-refractivity contribution is -0.125. The van der Waals surface area contributed by atoms with E-state index in [9.17, 15) is 4.79 Å². The molecule has 1 aliphatic heterocycles. The molecule has 5 heteroatoms. The van der Waals surface area contributed by atoms with Gasteiger partial charge in [-0.05, 0) is 44.5 Å². The molecule has 1 atom stereocenters. The molecule has 0 bridgehead atoms. The molecule has 1 unspecified atom stereocenters. The summed E-state index contributed by atoms with van der Waals surface area (Å²) in [5, 5.41) is 7.15. The maximum absolute atomic E-state index is 12.3. The average molecular weight is 287 g/mol. The molecular weight excluding hydrogens is 271 g/mol. The summed E-state index contributed by atoms with van der Waals surface area (Å²) in [6.45, 7) is 3.65. The highest BCUT2D eigenvalue weighted by atomic mass is 35.5. The van der Waals surface area contributed by atoms with Gasteiger partial charge in [-0.1, -0.05) is 23.2 Å². The number of rotatable bonds is 2. The second-order valence-corrected chi connectivity index (χ2v) is 5.76. The van der Waals surface area contributed by atoms with E-state index in [0.29, 0.717) is 22.3 Å². The molecule has 0 spiro atoms. The van der Waals surface area contributed by atoms with Gasteiger partial charge in [0.15, 0.2) is 0 Å². The molecule has 1 heterocycles. The van der Waals surface area contributed by atoms with Gasteiger partial charge in [0, 0.05) is 11.6 Å². The van der Waals surface area contributed by atoms with Gasteiger partial charge in [0.2, 0.25) is 5.91 Å². The molecule has 0 aliphatic carbocycles. The highest BCUT2D eigenvalue weighted by Crippen LogP contribution is 2.30. The Bertz CT molecular complexity index is 456. The Kier molecular flexibility index (Phi) is 4.15. The van der Waals surface area contributed by atoms with Gasteiger partial charge in [-0.3, -0.25) is 4.79 Å². The molecule has 2 rings (SSSR count). The zero-order valence-corrected chi connectivity index (χ0v) is 11.7. The molecule has 2 N–H and O–H groups in total. The number of hydrogen-bond acceptors (Lipinski definition) is 2. The molecule has 0 aromatic heterocycles. The van der Waals surface area contributed by atoms with Crippen LogP contribution in [0.5, 0.6) is 0 Å². The SMILES string of the molecule is CC1(C(=O)Nc2ccc(Cl)cc2Cl)CCCNC1. The largest absolute Gasteiger partial charge is 0.324 e. The molecule has 1 fully saturated rings. The quantitative estimate of drug-likeness (QED) is 0.876. The van der Waals surface area contributed by atoms with Crippen molar-refractivity contribution >= 4 is 34.8 Å². The Labute approximate surface area is 117 Å². The molecule has 1 aromatic carbocycles. The van der Waals surface area contributed by atoms with Gasteiger partial charge in [0.1, 0.15) is 0 Å². The number of carbonyl (C=O) groups is 1. The molecule has 18 heavy (non-hydrogen) atoms. The van der Waals surface area contributed by atoms with Gasteiger partial charge in [-0.15, -0.1) is 0 Å². The van der Waals surface area contributed by atoms with Crippen molar-refractivity contribution in [1.82, 2.24) is 5.32 Å². The highest BCUT2D eigenvalue weighted by Gasteiger charge is 2.34. The number of carbonyl (C=O) groups excluding carboxylic acids is 1. The summed E-state index contributed by atoms with van der Waals surface area (Å²) in [6, 6.07) is 5.06. The van der Waals surface area contributed by atoms with Crippen molar-refractivity contribution in [3.8, 4) is 0 Å². The predicted octanol–water partition coefficient (Wildman–Crippen LogP) is 3.32. The lowest BCUT2D eigenvalue weighted by atomic mass is 9.82. The highest BCUT2D eigenvalue weighted by molar-refractivity contribution is 6.36. The van der Waals surface area contributed by atoms with E-state index in [4.69, 9.17) is 23.2 Å². The van der Waals surface area contributed by atoms with Gasteiger partial charge >= 0.3 is 0 Å². The van der Waals surface area contributed by atoms with Crippen LogP contribution in [-0.4, -0.2) is 19.0 Å². The minimum Gasteiger partial charge on any atom is -0.324 e. The van der Waals surface area contributed by atoms with Crippen LogP contribution in [0.2, 0.25) is 10.0 Å². The molecule has 1 aromatic rings. The zero-order valence-electron chi connectivity index (χ0n) is 10.2. The third-order valence-electron chi connectivity index (χ3n) is 3.32. The Balaban J connectivity index is 2.11. The van der Waals surface area contributed by atoms with Crippen molar-refractivity contribution in [2.24, 2.45) is 5.41 Å². The van der Waals surface area contributed by atoms with Gasteiger partial charge in [0.05, 0.1) is 16.1 Å². The van der Waals surface area contributed by atoms with Crippen molar-refractivity contribution in [2.75, 3.05) is 18.4 Å². The van der Waals surface area contributed by atoms with Crippen LogP contribution in [0.1, 0.15) is 19.8 Å². The maximum Gasteiger partial charge on any atom is 0.231 e. The van der Waals surface area contributed by atoms with Crippen LogP contribution in [0.25, 0.3) is 0 Å². The van der Waals surface area contributed by atoms with E-state index >= 15 is 0 Å². The van der Waals surface area contributed by atoms with E-state index in [1.54, 1.807) is 18.2 Å². The van der Waals surface area contributed by atoms with Crippen LogP contribution in [0.3, 0.4) is 0 Å². The van der Waals surface area contributed by atoms with Crippen molar-refractivity contribution in [3.05, 3.63) is 28.2 Å². The third-order valence-corrected chi connectivity index (χ3v) is 3.87. The van der Waals surface area contributed by atoms with E-state index in [-0.39, 0.29) is 11.3 Å². The number of halogens is 2. The number of amides is 1. The average Bonchev–Trinajstić information content (AvgIpc) is 2.33. The molecule has 1 amide bonds. The standard InChI is InChI=1S/C13H16Cl2N2O/c1-13(5-2-6-16-8-13)12(18)17-11-4-3-9(14)7-10(11)15/h3-4,7,16H,2,5-6,8H2,1H3,(H,17,18). The Morgan fingerprint density at radius 2 is 2.22 bits per heavy atom. The third kappa shape index (κ3) is 2.97. The van der Waals surface area contributed by atoms with Crippen molar-refractivity contribution in [2.45, 2.75) is 19.8 Å². The molecule has 98 valence electrons. The molecule has 3 nitrogen and oxygen atoms in total. The van der Waals surface area contributed by atoms with Gasteiger partial charge in [-0.25, -0.2) is 0 Å². The van der Waals surface area contributed by atoms with Gasteiger partial charge in [-0.2, -0.15) is 0 Å². The summed E-state index contributed by atoms with van der Waals surface area (Å²) in [5.41, 5.74) is 0.235. The summed E-state index contributed by atoms with van der Waals surface area (Å²) in [7, 11) is 0. The fraction of sp³-hybridized carbons (Fsp3) is 0.462. The minimum absolute atomic E-state index is 0.000998. The zero-order chi connectivity index (χ0) is 13.2. The Hall–Kier alpha value is -0.770. The second-order valence-electron chi connectivity index (χ2n) is 4.92. The lowest BCUT2D eigenvalue weighted by Gasteiger charge is -2.32. The van der Waals surface area contributed by atoms with Crippen molar-refractivity contribution in [1.29, 1.82) is 0 Å². The summed E-state index contributed by atoms with van der Waals surface area (Å²) in [6.07, 6.45) is 1.90. The summed E-state index contributed by atoms with van der Waals surface area (Å²) < 4.78 is 0. The van der Waals surface area contributed by atoms with E-state index in [1.807, 2.05) is 6.92 Å². The summed E-state index contributed by atoms with van der Waals surface area (Å²) in [4.78, 5) is 12.3.